The quantitative estimate of drug-likeness (QED) is 0.901. The third-order valence-corrected chi connectivity index (χ3v) is 4.13. The van der Waals surface area contributed by atoms with E-state index in [1.165, 1.54) is 19.3 Å². The summed E-state index contributed by atoms with van der Waals surface area (Å²) < 4.78 is 0. The summed E-state index contributed by atoms with van der Waals surface area (Å²) in [5.74, 6) is 0.383. The third kappa shape index (κ3) is 4.07. The number of anilines is 2. The zero-order chi connectivity index (χ0) is 16.8. The molecule has 1 heterocycles. The van der Waals surface area contributed by atoms with Crippen LogP contribution in [-0.2, 0) is 0 Å². The van der Waals surface area contributed by atoms with Crippen LogP contribution in [0.5, 0.6) is 0 Å². The molecule has 2 aromatic rings. The Morgan fingerprint density at radius 1 is 1.04 bits per heavy atom. The summed E-state index contributed by atoms with van der Waals surface area (Å²) in [6, 6.07) is 12.6. The zero-order valence-corrected chi connectivity index (χ0v) is 13.3. The third-order valence-electron chi connectivity index (χ3n) is 4.13. The number of carbonyl (C=O) groups is 1. The number of nitrogens with zero attached hydrogens (tertiary/aromatic N) is 3. The molecule has 0 spiro atoms. The number of hydrogen-bond donors (Lipinski definition) is 2. The van der Waals surface area contributed by atoms with Gasteiger partial charge in [0.05, 0.1) is 11.6 Å². The molecule has 1 aliphatic carbocycles. The number of aromatic nitrogens is 2. The first-order valence-corrected chi connectivity index (χ1v) is 8.16. The van der Waals surface area contributed by atoms with Gasteiger partial charge in [0.2, 0.25) is 0 Å². The monoisotopic (exact) mass is 321 g/mol. The Bertz CT molecular complexity index is 727. The van der Waals surface area contributed by atoms with Gasteiger partial charge in [0.1, 0.15) is 5.82 Å². The van der Waals surface area contributed by atoms with Gasteiger partial charge in [0, 0.05) is 11.7 Å². The molecule has 0 aliphatic heterocycles. The molecule has 6 nitrogen and oxygen atoms in total. The predicted molar refractivity (Wildman–Crippen MR) is 91.6 cm³/mol. The molecule has 24 heavy (non-hydrogen) atoms. The summed E-state index contributed by atoms with van der Waals surface area (Å²) in [5.41, 5.74) is 1.42. The van der Waals surface area contributed by atoms with E-state index in [0.717, 1.165) is 12.8 Å². The number of hydrogen-bond acceptors (Lipinski definition) is 5. The van der Waals surface area contributed by atoms with Crippen LogP contribution in [0.25, 0.3) is 0 Å². The highest BCUT2D eigenvalue weighted by Gasteiger charge is 2.14. The van der Waals surface area contributed by atoms with Crippen LogP contribution in [0.2, 0.25) is 0 Å². The van der Waals surface area contributed by atoms with Gasteiger partial charge in [-0.2, -0.15) is 5.26 Å². The topological polar surface area (TPSA) is 90.7 Å². The Morgan fingerprint density at radius 2 is 1.79 bits per heavy atom. The van der Waals surface area contributed by atoms with E-state index in [1.807, 2.05) is 6.07 Å². The van der Waals surface area contributed by atoms with Crippen molar-refractivity contribution in [1.82, 2.24) is 10.2 Å². The molecule has 1 amide bonds. The fraction of sp³-hybridized carbons (Fsp3) is 0.333. The molecule has 1 aromatic heterocycles. The lowest BCUT2D eigenvalue weighted by atomic mass is 9.95. The molecule has 1 saturated carbocycles. The van der Waals surface area contributed by atoms with Gasteiger partial charge in [-0.05, 0) is 49.2 Å². The second kappa shape index (κ2) is 7.55. The number of carbonyl (C=O) groups excluding carboxylic acids is 1. The van der Waals surface area contributed by atoms with E-state index in [2.05, 4.69) is 20.8 Å². The summed E-state index contributed by atoms with van der Waals surface area (Å²) in [5, 5.41) is 23.0. The van der Waals surface area contributed by atoms with Gasteiger partial charge in [-0.15, -0.1) is 10.2 Å². The first kappa shape index (κ1) is 15.9. The lowest BCUT2D eigenvalue weighted by molar-refractivity contribution is 0.102. The van der Waals surface area contributed by atoms with Crippen LogP contribution in [0.1, 0.15) is 48.2 Å². The van der Waals surface area contributed by atoms with Gasteiger partial charge in [0.15, 0.2) is 5.69 Å². The van der Waals surface area contributed by atoms with Crippen LogP contribution in [-0.4, -0.2) is 22.1 Å². The van der Waals surface area contributed by atoms with Crippen molar-refractivity contribution in [3.05, 3.63) is 47.7 Å². The fourth-order valence-corrected chi connectivity index (χ4v) is 2.81. The number of amides is 1. The molecular formula is C18H19N5O. The minimum Gasteiger partial charge on any atom is -0.366 e. The molecule has 1 fully saturated rings. The molecule has 1 aliphatic rings. The highest BCUT2D eigenvalue weighted by molar-refractivity contribution is 6.02. The Balaban J connectivity index is 1.59. The maximum Gasteiger partial charge on any atom is 0.276 e. The maximum atomic E-state index is 12.2. The van der Waals surface area contributed by atoms with Crippen LogP contribution in [0.15, 0.2) is 36.4 Å². The van der Waals surface area contributed by atoms with E-state index < -0.39 is 0 Å². The molecule has 2 N–H and O–H groups in total. The smallest absolute Gasteiger partial charge is 0.276 e. The molecule has 122 valence electrons. The molecule has 6 heteroatoms. The van der Waals surface area contributed by atoms with E-state index >= 15 is 0 Å². The zero-order valence-electron chi connectivity index (χ0n) is 13.3. The number of nitriles is 1. The van der Waals surface area contributed by atoms with Crippen LogP contribution >= 0.6 is 0 Å². The van der Waals surface area contributed by atoms with Crippen LogP contribution < -0.4 is 10.6 Å². The molecule has 0 saturated heterocycles. The first-order valence-electron chi connectivity index (χ1n) is 8.16. The van der Waals surface area contributed by atoms with E-state index in [0.29, 0.717) is 23.1 Å². The Morgan fingerprint density at radius 3 is 2.42 bits per heavy atom. The second-order valence-corrected chi connectivity index (χ2v) is 5.93. The van der Waals surface area contributed by atoms with Gasteiger partial charge in [-0.25, -0.2) is 0 Å². The van der Waals surface area contributed by atoms with E-state index in [1.54, 1.807) is 36.4 Å². The van der Waals surface area contributed by atoms with Gasteiger partial charge in [-0.3, -0.25) is 4.79 Å². The summed E-state index contributed by atoms with van der Waals surface area (Å²) in [7, 11) is 0. The van der Waals surface area contributed by atoms with Crippen molar-refractivity contribution in [2.45, 2.75) is 38.1 Å². The van der Waals surface area contributed by atoms with Gasteiger partial charge in [0.25, 0.3) is 5.91 Å². The molecule has 3 rings (SSSR count). The van der Waals surface area contributed by atoms with Gasteiger partial charge in [-0.1, -0.05) is 19.3 Å². The number of nitrogens with one attached hydrogen (secondary N) is 2. The minimum atomic E-state index is -0.323. The molecule has 0 unspecified atom stereocenters. The molecule has 0 atom stereocenters. The summed E-state index contributed by atoms with van der Waals surface area (Å²) in [6.07, 6.45) is 6.11. The van der Waals surface area contributed by atoms with Crippen molar-refractivity contribution in [3.8, 4) is 6.07 Å². The van der Waals surface area contributed by atoms with Crippen molar-refractivity contribution < 1.29 is 4.79 Å². The highest BCUT2D eigenvalue weighted by atomic mass is 16.1. The van der Waals surface area contributed by atoms with Crippen LogP contribution in [0.4, 0.5) is 11.5 Å². The van der Waals surface area contributed by atoms with Gasteiger partial charge >= 0.3 is 0 Å². The van der Waals surface area contributed by atoms with Crippen molar-refractivity contribution in [2.24, 2.45) is 0 Å². The number of benzene rings is 1. The lowest BCUT2D eigenvalue weighted by Gasteiger charge is -2.22. The lowest BCUT2D eigenvalue weighted by Crippen LogP contribution is -2.23. The van der Waals surface area contributed by atoms with E-state index in [-0.39, 0.29) is 11.6 Å². The largest absolute Gasteiger partial charge is 0.366 e. The minimum absolute atomic E-state index is 0.258. The van der Waals surface area contributed by atoms with Crippen molar-refractivity contribution in [1.29, 1.82) is 5.26 Å². The number of rotatable bonds is 4. The fourth-order valence-electron chi connectivity index (χ4n) is 2.81. The van der Waals surface area contributed by atoms with E-state index in [9.17, 15) is 4.79 Å². The Labute approximate surface area is 140 Å². The first-order chi connectivity index (χ1) is 11.7. The Hall–Kier alpha value is -2.94. The van der Waals surface area contributed by atoms with Crippen molar-refractivity contribution >= 4 is 17.4 Å². The highest BCUT2D eigenvalue weighted by Crippen LogP contribution is 2.20. The van der Waals surface area contributed by atoms with Crippen LogP contribution in [0.3, 0.4) is 0 Å². The standard InChI is InChI=1S/C18H19N5O/c19-12-13-6-8-15(9-7-13)21-18(24)16-10-11-17(23-22-16)20-14-4-2-1-3-5-14/h6-11,14H,1-5H2,(H,20,23)(H,21,24). The normalized spacial score (nSPS) is 14.6. The average Bonchev–Trinajstić information content (AvgIpc) is 2.64. The van der Waals surface area contributed by atoms with Crippen LogP contribution in [0, 0.1) is 11.3 Å². The summed E-state index contributed by atoms with van der Waals surface area (Å²) >= 11 is 0. The maximum absolute atomic E-state index is 12.2. The SMILES string of the molecule is N#Cc1ccc(NC(=O)c2ccc(NC3CCCCC3)nn2)cc1. The molecule has 1 aromatic carbocycles. The van der Waals surface area contributed by atoms with Gasteiger partial charge < -0.3 is 10.6 Å². The summed E-state index contributed by atoms with van der Waals surface area (Å²) in [6.45, 7) is 0. The molecular weight excluding hydrogens is 302 g/mol. The molecule has 0 bridgehead atoms. The molecule has 0 radical (unpaired) electrons. The Kier molecular flexibility index (Phi) is 5.02. The van der Waals surface area contributed by atoms with Crippen molar-refractivity contribution in [2.75, 3.05) is 10.6 Å². The summed E-state index contributed by atoms with van der Waals surface area (Å²) in [4.78, 5) is 12.2. The second-order valence-electron chi connectivity index (χ2n) is 5.93. The van der Waals surface area contributed by atoms with E-state index in [4.69, 9.17) is 5.26 Å². The predicted octanol–water partition coefficient (Wildman–Crippen LogP) is 3.35. The average molecular weight is 321 g/mol. The van der Waals surface area contributed by atoms with Crippen molar-refractivity contribution in [3.63, 3.8) is 0 Å².